The molecule has 0 bridgehead atoms. The molecule has 10 aromatic carbocycles. The van der Waals surface area contributed by atoms with Crippen LogP contribution in [-0.2, 0) is 0 Å². The summed E-state index contributed by atoms with van der Waals surface area (Å²) in [6.07, 6.45) is 0. The normalized spacial score (nSPS) is 11.5. The van der Waals surface area contributed by atoms with Gasteiger partial charge < -0.3 is 0 Å². The molecule has 3 nitrogen and oxygen atoms in total. The zero-order valence-corrected chi connectivity index (χ0v) is 33.7. The predicted octanol–water partition coefficient (Wildman–Crippen LogP) is 15.6. The zero-order valence-electron chi connectivity index (χ0n) is 33.7. The Morgan fingerprint density at radius 2 is 0.790 bits per heavy atom. The van der Waals surface area contributed by atoms with E-state index in [9.17, 15) is 0 Å². The zero-order chi connectivity index (χ0) is 41.0. The Kier molecular flexibility index (Phi) is 8.50. The molecule has 62 heavy (non-hydrogen) atoms. The molecule has 0 radical (unpaired) electrons. The number of hydrogen-bond donors (Lipinski definition) is 0. The molecule has 3 heteroatoms. The first-order valence-corrected chi connectivity index (χ1v) is 21.1. The SMILES string of the molecule is c1ccc(-c2cccc3c2nc(-c2cccc(-c4ccc(-c5cc(-c6cccc7ccccc67)nc(-c6cccc7ccccc67)n5)cc4)c2)c2ccc4ccccc4c23)cc1. The Labute approximate surface area is 359 Å². The highest BCUT2D eigenvalue weighted by Gasteiger charge is 2.18. The quantitative estimate of drug-likeness (QED) is 0.158. The van der Waals surface area contributed by atoms with Gasteiger partial charge in [-0.3, -0.25) is 0 Å². The molecule has 12 aromatic rings. The number of nitrogens with zero attached hydrogens (tertiary/aromatic N) is 3. The summed E-state index contributed by atoms with van der Waals surface area (Å²) < 4.78 is 0. The lowest BCUT2D eigenvalue weighted by molar-refractivity contribution is 1.19. The monoisotopic (exact) mass is 787 g/mol. The highest BCUT2D eigenvalue weighted by atomic mass is 14.9. The molecule has 0 aliphatic rings. The maximum absolute atomic E-state index is 5.54. The number of fused-ring (bicyclic) bond motifs is 7. The summed E-state index contributed by atoms with van der Waals surface area (Å²) in [6.45, 7) is 0. The van der Waals surface area contributed by atoms with Crippen molar-refractivity contribution in [2.75, 3.05) is 0 Å². The van der Waals surface area contributed by atoms with Crippen LogP contribution in [0.5, 0.6) is 0 Å². The van der Waals surface area contributed by atoms with Crippen LogP contribution in [-0.4, -0.2) is 15.0 Å². The van der Waals surface area contributed by atoms with Crippen LogP contribution in [0.15, 0.2) is 224 Å². The highest BCUT2D eigenvalue weighted by molar-refractivity contribution is 6.24. The second-order valence-electron chi connectivity index (χ2n) is 15.9. The van der Waals surface area contributed by atoms with Crippen molar-refractivity contribution in [3.8, 4) is 67.4 Å². The fraction of sp³-hybridized carbons (Fsp3) is 0. The second kappa shape index (κ2) is 14.8. The molecule has 0 saturated carbocycles. The summed E-state index contributed by atoms with van der Waals surface area (Å²) in [5, 5.41) is 10.6. The van der Waals surface area contributed by atoms with Gasteiger partial charge in [-0.25, -0.2) is 15.0 Å². The van der Waals surface area contributed by atoms with Gasteiger partial charge in [-0.2, -0.15) is 0 Å². The lowest BCUT2D eigenvalue weighted by atomic mass is 9.92. The lowest BCUT2D eigenvalue weighted by Crippen LogP contribution is -1.97. The summed E-state index contributed by atoms with van der Waals surface area (Å²) in [7, 11) is 0. The number of aromatic nitrogens is 3. The van der Waals surface area contributed by atoms with Gasteiger partial charge in [0.15, 0.2) is 5.82 Å². The summed E-state index contributed by atoms with van der Waals surface area (Å²) in [5.74, 6) is 0.706. The number of benzene rings is 10. The number of para-hydroxylation sites is 1. The number of pyridine rings is 1. The molecule has 0 spiro atoms. The topological polar surface area (TPSA) is 38.7 Å². The van der Waals surface area contributed by atoms with E-state index in [1.165, 1.54) is 21.5 Å². The van der Waals surface area contributed by atoms with Gasteiger partial charge in [0, 0.05) is 44.0 Å². The third kappa shape index (κ3) is 6.10. The summed E-state index contributed by atoms with van der Waals surface area (Å²) >= 11 is 0. The van der Waals surface area contributed by atoms with E-state index in [0.29, 0.717) is 5.82 Å². The molecule has 288 valence electrons. The van der Waals surface area contributed by atoms with Crippen molar-refractivity contribution in [2.45, 2.75) is 0 Å². The van der Waals surface area contributed by atoms with E-state index in [1.54, 1.807) is 0 Å². The molecule has 0 amide bonds. The molecule has 2 heterocycles. The molecule has 0 atom stereocenters. The van der Waals surface area contributed by atoms with Gasteiger partial charge in [0.25, 0.3) is 0 Å². The van der Waals surface area contributed by atoms with E-state index >= 15 is 0 Å². The van der Waals surface area contributed by atoms with Crippen molar-refractivity contribution in [1.82, 2.24) is 15.0 Å². The smallest absolute Gasteiger partial charge is 0.161 e. The Morgan fingerprint density at radius 3 is 1.56 bits per heavy atom. The molecule has 0 N–H and O–H groups in total. The van der Waals surface area contributed by atoms with Crippen molar-refractivity contribution >= 4 is 54.0 Å². The summed E-state index contributed by atoms with van der Waals surface area (Å²) in [6, 6.07) is 79.8. The molecule has 0 saturated heterocycles. The van der Waals surface area contributed by atoms with E-state index in [1.807, 2.05) is 0 Å². The average molecular weight is 788 g/mol. The van der Waals surface area contributed by atoms with Gasteiger partial charge >= 0.3 is 0 Å². The molecule has 12 rings (SSSR count). The van der Waals surface area contributed by atoms with Gasteiger partial charge in [0.05, 0.1) is 22.6 Å². The maximum atomic E-state index is 5.54. The Bertz CT molecular complexity index is 3580. The van der Waals surface area contributed by atoms with Crippen LogP contribution >= 0.6 is 0 Å². The number of rotatable bonds is 6. The summed E-state index contributed by atoms with van der Waals surface area (Å²) in [4.78, 5) is 16.1. The van der Waals surface area contributed by atoms with E-state index in [2.05, 4.69) is 224 Å². The predicted molar refractivity (Wildman–Crippen MR) is 260 cm³/mol. The summed E-state index contributed by atoms with van der Waals surface area (Å²) in [5.41, 5.74) is 12.5. The first-order valence-electron chi connectivity index (χ1n) is 21.1. The molecule has 0 aliphatic carbocycles. The van der Waals surface area contributed by atoms with Crippen molar-refractivity contribution in [2.24, 2.45) is 0 Å². The second-order valence-corrected chi connectivity index (χ2v) is 15.9. The van der Waals surface area contributed by atoms with Gasteiger partial charge in [0.2, 0.25) is 0 Å². The van der Waals surface area contributed by atoms with Crippen LogP contribution in [0.3, 0.4) is 0 Å². The third-order valence-corrected chi connectivity index (χ3v) is 12.3. The fourth-order valence-electron chi connectivity index (χ4n) is 9.27. The third-order valence-electron chi connectivity index (χ3n) is 12.3. The van der Waals surface area contributed by atoms with E-state index in [0.717, 1.165) is 94.0 Å². The van der Waals surface area contributed by atoms with Crippen LogP contribution in [0.4, 0.5) is 0 Å². The van der Waals surface area contributed by atoms with Crippen LogP contribution in [0.25, 0.3) is 121 Å². The minimum atomic E-state index is 0.706. The molecule has 2 aromatic heterocycles. The first-order chi connectivity index (χ1) is 30.7. The van der Waals surface area contributed by atoms with Crippen LogP contribution in [0.2, 0.25) is 0 Å². The minimum Gasteiger partial charge on any atom is -0.246 e. The standard InChI is InChI=1S/C59H37N3/c1-2-14-41(15-3-1)49-26-13-29-52-56-48-25-9-6-18-42(48)34-35-53(56)57(62-58(49)52)45-22-10-21-44(36-45)38-30-32-43(33-31-38)54-37-55(50-27-11-19-39-16-4-7-23-46(39)50)61-59(60-54)51-28-12-20-40-17-5-8-24-47(40)51/h1-37H. The first kappa shape index (κ1) is 35.7. The van der Waals surface area contributed by atoms with Crippen molar-refractivity contribution in [3.05, 3.63) is 224 Å². The highest BCUT2D eigenvalue weighted by Crippen LogP contribution is 2.41. The van der Waals surface area contributed by atoms with E-state index < -0.39 is 0 Å². The van der Waals surface area contributed by atoms with Gasteiger partial charge in [-0.1, -0.05) is 212 Å². The van der Waals surface area contributed by atoms with E-state index in [4.69, 9.17) is 15.0 Å². The van der Waals surface area contributed by atoms with Crippen molar-refractivity contribution < 1.29 is 0 Å². The molecular weight excluding hydrogens is 751 g/mol. The number of hydrogen-bond acceptors (Lipinski definition) is 3. The van der Waals surface area contributed by atoms with Gasteiger partial charge in [0.1, 0.15) is 0 Å². The lowest BCUT2D eigenvalue weighted by Gasteiger charge is -2.16. The minimum absolute atomic E-state index is 0.706. The van der Waals surface area contributed by atoms with Crippen LogP contribution in [0.1, 0.15) is 0 Å². The average Bonchev–Trinajstić information content (AvgIpc) is 3.35. The molecule has 0 fully saturated rings. The largest absolute Gasteiger partial charge is 0.246 e. The molecular formula is C59H37N3. The maximum Gasteiger partial charge on any atom is 0.161 e. The van der Waals surface area contributed by atoms with E-state index in [-0.39, 0.29) is 0 Å². The van der Waals surface area contributed by atoms with Crippen LogP contribution < -0.4 is 0 Å². The van der Waals surface area contributed by atoms with Crippen molar-refractivity contribution in [3.63, 3.8) is 0 Å². The molecule has 0 unspecified atom stereocenters. The van der Waals surface area contributed by atoms with Crippen molar-refractivity contribution in [1.29, 1.82) is 0 Å². The fourth-order valence-corrected chi connectivity index (χ4v) is 9.27. The van der Waals surface area contributed by atoms with Gasteiger partial charge in [-0.15, -0.1) is 0 Å². The van der Waals surface area contributed by atoms with Crippen LogP contribution in [0, 0.1) is 0 Å². The Balaban J connectivity index is 0.989. The van der Waals surface area contributed by atoms with Gasteiger partial charge in [-0.05, 0) is 61.1 Å². The molecule has 0 aliphatic heterocycles. The Morgan fingerprint density at radius 1 is 0.258 bits per heavy atom. The Hall–Kier alpha value is -8.27.